The number of hydrogen-bond donors (Lipinski definition) is 1. The second kappa shape index (κ2) is 7.24. The van der Waals surface area contributed by atoms with Crippen molar-refractivity contribution in [2.45, 2.75) is 46.1 Å². The molecular formula is C15H21ClN4OS. The van der Waals surface area contributed by atoms with E-state index < -0.39 is 0 Å². The van der Waals surface area contributed by atoms with E-state index in [1.165, 1.54) is 11.3 Å². The van der Waals surface area contributed by atoms with Gasteiger partial charge in [0.2, 0.25) is 5.91 Å². The van der Waals surface area contributed by atoms with E-state index in [0.29, 0.717) is 13.0 Å². The number of aromatic nitrogens is 3. The monoisotopic (exact) mass is 340 g/mol. The van der Waals surface area contributed by atoms with Gasteiger partial charge in [-0.1, -0.05) is 25.4 Å². The highest BCUT2D eigenvalue weighted by molar-refractivity contribution is 7.16. The molecule has 1 amide bonds. The van der Waals surface area contributed by atoms with E-state index in [-0.39, 0.29) is 17.9 Å². The van der Waals surface area contributed by atoms with E-state index in [0.717, 1.165) is 20.9 Å². The summed E-state index contributed by atoms with van der Waals surface area (Å²) in [5.74, 6) is 1.19. The number of nitrogens with zero attached hydrogens (tertiary/aromatic N) is 3. The number of carbonyl (C=O) groups is 1. The first-order chi connectivity index (χ1) is 10.4. The molecule has 0 saturated carbocycles. The average Bonchev–Trinajstić information content (AvgIpc) is 3.05. The van der Waals surface area contributed by atoms with Gasteiger partial charge in [0.1, 0.15) is 16.2 Å². The van der Waals surface area contributed by atoms with Crippen molar-refractivity contribution in [2.24, 2.45) is 0 Å². The van der Waals surface area contributed by atoms with Crippen LogP contribution in [0.1, 0.15) is 49.3 Å². The van der Waals surface area contributed by atoms with Crippen molar-refractivity contribution in [1.29, 1.82) is 0 Å². The van der Waals surface area contributed by atoms with E-state index in [1.54, 1.807) is 6.20 Å². The zero-order valence-corrected chi connectivity index (χ0v) is 14.8. The van der Waals surface area contributed by atoms with Crippen LogP contribution in [0.3, 0.4) is 0 Å². The van der Waals surface area contributed by atoms with Crippen LogP contribution in [0.15, 0.2) is 12.4 Å². The minimum Gasteiger partial charge on any atom is -0.354 e. The molecule has 2 aromatic rings. The molecule has 1 atom stereocenters. The van der Waals surface area contributed by atoms with Crippen LogP contribution in [-0.4, -0.2) is 27.0 Å². The van der Waals surface area contributed by atoms with Crippen LogP contribution in [0.2, 0.25) is 4.34 Å². The zero-order chi connectivity index (χ0) is 16.3. The Kier molecular flexibility index (Phi) is 5.58. The molecule has 1 unspecified atom stereocenters. The van der Waals surface area contributed by atoms with Crippen molar-refractivity contribution in [2.75, 3.05) is 6.54 Å². The third-order valence-electron chi connectivity index (χ3n) is 3.43. The first kappa shape index (κ1) is 17.0. The highest BCUT2D eigenvalue weighted by Gasteiger charge is 2.18. The Morgan fingerprint density at radius 2 is 2.18 bits per heavy atom. The molecule has 7 heteroatoms. The standard InChI is InChI=1S/C15H21ClN4OS/c1-9(2)14-17-7-8-20(14)11(4)15(21)18-6-5-12-19-10(3)13(16)22-12/h7-9,11H,5-6H2,1-4H3,(H,18,21). The Balaban J connectivity index is 1.90. The Morgan fingerprint density at radius 1 is 1.45 bits per heavy atom. The lowest BCUT2D eigenvalue weighted by Gasteiger charge is -2.17. The normalized spacial score (nSPS) is 12.6. The van der Waals surface area contributed by atoms with E-state index in [2.05, 4.69) is 29.1 Å². The molecule has 0 aromatic carbocycles. The fraction of sp³-hybridized carbons (Fsp3) is 0.533. The Morgan fingerprint density at radius 3 is 2.77 bits per heavy atom. The molecule has 22 heavy (non-hydrogen) atoms. The Bertz CT molecular complexity index is 630. The first-order valence-corrected chi connectivity index (χ1v) is 8.51. The van der Waals surface area contributed by atoms with Gasteiger partial charge >= 0.3 is 0 Å². The van der Waals surface area contributed by atoms with Gasteiger partial charge in [0, 0.05) is 31.3 Å². The van der Waals surface area contributed by atoms with Gasteiger partial charge in [-0.05, 0) is 13.8 Å². The lowest BCUT2D eigenvalue weighted by atomic mass is 10.2. The summed E-state index contributed by atoms with van der Waals surface area (Å²) in [7, 11) is 0. The molecule has 120 valence electrons. The lowest BCUT2D eigenvalue weighted by Crippen LogP contribution is -2.33. The molecule has 0 spiro atoms. The fourth-order valence-corrected chi connectivity index (χ4v) is 3.30. The Labute approximate surface area is 139 Å². The van der Waals surface area contributed by atoms with Crippen molar-refractivity contribution in [3.8, 4) is 0 Å². The molecular weight excluding hydrogens is 320 g/mol. The van der Waals surface area contributed by atoms with Crippen molar-refractivity contribution in [3.63, 3.8) is 0 Å². The molecule has 0 saturated heterocycles. The molecule has 5 nitrogen and oxygen atoms in total. The SMILES string of the molecule is Cc1nc(CCNC(=O)C(C)n2ccnc2C(C)C)sc1Cl. The highest BCUT2D eigenvalue weighted by Crippen LogP contribution is 2.23. The van der Waals surface area contributed by atoms with Crippen molar-refractivity contribution < 1.29 is 4.79 Å². The van der Waals surface area contributed by atoms with Crippen LogP contribution in [0.5, 0.6) is 0 Å². The number of hydrogen-bond acceptors (Lipinski definition) is 4. The predicted octanol–water partition coefficient (Wildman–Crippen LogP) is 3.34. The number of amides is 1. The van der Waals surface area contributed by atoms with Gasteiger partial charge in [-0.2, -0.15) is 0 Å². The maximum atomic E-state index is 12.3. The predicted molar refractivity (Wildman–Crippen MR) is 89.6 cm³/mol. The third kappa shape index (κ3) is 3.87. The van der Waals surface area contributed by atoms with Gasteiger partial charge < -0.3 is 9.88 Å². The molecule has 1 N–H and O–H groups in total. The van der Waals surface area contributed by atoms with Crippen LogP contribution in [0.25, 0.3) is 0 Å². The topological polar surface area (TPSA) is 59.8 Å². The largest absolute Gasteiger partial charge is 0.354 e. The van der Waals surface area contributed by atoms with Crippen LogP contribution >= 0.6 is 22.9 Å². The maximum Gasteiger partial charge on any atom is 0.242 e. The minimum absolute atomic E-state index is 0.0146. The second-order valence-corrected chi connectivity index (χ2v) is 7.22. The number of carbonyl (C=O) groups excluding carboxylic acids is 1. The van der Waals surface area contributed by atoms with E-state index in [1.807, 2.05) is 24.6 Å². The fourth-order valence-electron chi connectivity index (χ4n) is 2.20. The number of nitrogens with one attached hydrogen (secondary N) is 1. The summed E-state index contributed by atoms with van der Waals surface area (Å²) in [5.41, 5.74) is 0.848. The smallest absolute Gasteiger partial charge is 0.242 e. The van der Waals surface area contributed by atoms with Gasteiger partial charge in [-0.15, -0.1) is 11.3 Å². The molecule has 0 aliphatic carbocycles. The van der Waals surface area contributed by atoms with Crippen LogP contribution < -0.4 is 5.32 Å². The number of imidazole rings is 1. The summed E-state index contributed by atoms with van der Waals surface area (Å²) >= 11 is 7.46. The molecule has 0 bridgehead atoms. The van der Waals surface area contributed by atoms with E-state index in [9.17, 15) is 4.79 Å². The molecule has 0 aliphatic rings. The third-order valence-corrected chi connectivity index (χ3v) is 4.94. The quantitative estimate of drug-likeness (QED) is 0.877. The number of thiazole rings is 1. The molecule has 2 heterocycles. The highest BCUT2D eigenvalue weighted by atomic mass is 35.5. The van der Waals surface area contributed by atoms with Crippen LogP contribution in [0, 0.1) is 6.92 Å². The number of halogens is 1. The van der Waals surface area contributed by atoms with Gasteiger partial charge in [0.15, 0.2) is 0 Å². The molecule has 2 aromatic heterocycles. The molecule has 2 rings (SSSR count). The molecule has 0 fully saturated rings. The molecule has 0 radical (unpaired) electrons. The first-order valence-electron chi connectivity index (χ1n) is 7.32. The van der Waals surface area contributed by atoms with Gasteiger partial charge in [-0.3, -0.25) is 4.79 Å². The number of aryl methyl sites for hydroxylation is 1. The summed E-state index contributed by atoms with van der Waals surface area (Å²) in [4.78, 5) is 21.0. The molecule has 0 aliphatic heterocycles. The summed E-state index contributed by atoms with van der Waals surface area (Å²) in [6.07, 6.45) is 4.28. The maximum absolute atomic E-state index is 12.3. The summed E-state index contributed by atoms with van der Waals surface area (Å²) in [6, 6.07) is -0.276. The average molecular weight is 341 g/mol. The van der Waals surface area contributed by atoms with Gasteiger partial charge in [-0.25, -0.2) is 9.97 Å². The lowest BCUT2D eigenvalue weighted by molar-refractivity contribution is -0.123. The van der Waals surface area contributed by atoms with Gasteiger partial charge in [0.05, 0.1) is 10.7 Å². The summed E-state index contributed by atoms with van der Waals surface area (Å²) in [6.45, 7) is 8.46. The van der Waals surface area contributed by atoms with E-state index >= 15 is 0 Å². The summed E-state index contributed by atoms with van der Waals surface area (Å²) < 4.78 is 2.64. The number of rotatable bonds is 6. The zero-order valence-electron chi connectivity index (χ0n) is 13.3. The van der Waals surface area contributed by atoms with Crippen LogP contribution in [-0.2, 0) is 11.2 Å². The van der Waals surface area contributed by atoms with Crippen molar-refractivity contribution >= 4 is 28.8 Å². The Hall–Kier alpha value is -1.40. The van der Waals surface area contributed by atoms with Crippen molar-refractivity contribution in [1.82, 2.24) is 19.9 Å². The summed E-state index contributed by atoms with van der Waals surface area (Å²) in [5, 5.41) is 3.90. The minimum atomic E-state index is -0.276. The van der Waals surface area contributed by atoms with Gasteiger partial charge in [0.25, 0.3) is 0 Å². The van der Waals surface area contributed by atoms with E-state index in [4.69, 9.17) is 11.6 Å². The second-order valence-electron chi connectivity index (χ2n) is 5.53. The van der Waals surface area contributed by atoms with Crippen molar-refractivity contribution in [3.05, 3.63) is 33.3 Å². The van der Waals surface area contributed by atoms with Crippen LogP contribution in [0.4, 0.5) is 0 Å².